The fourth-order valence-electron chi connectivity index (χ4n) is 2.06. The maximum absolute atomic E-state index is 12.3. The molecule has 0 amide bonds. The van der Waals surface area contributed by atoms with E-state index in [1.54, 1.807) is 30.3 Å². The lowest BCUT2D eigenvalue weighted by Crippen LogP contribution is -1.98. The molecule has 3 heteroatoms. The van der Waals surface area contributed by atoms with Gasteiger partial charge < -0.3 is 10.2 Å². The van der Waals surface area contributed by atoms with Gasteiger partial charge in [-0.3, -0.25) is 4.79 Å². The zero-order valence-corrected chi connectivity index (χ0v) is 10.7. The third kappa shape index (κ3) is 2.21. The minimum Gasteiger partial charge on any atom is -0.453 e. The molecule has 20 heavy (non-hydrogen) atoms. The number of carbonyl (C=O) groups excluding carboxylic acids is 1. The normalized spacial score (nSPS) is 10.4. The van der Waals surface area contributed by atoms with Gasteiger partial charge in [0.25, 0.3) is 0 Å². The van der Waals surface area contributed by atoms with Crippen LogP contribution in [-0.2, 0) is 0 Å². The Morgan fingerprint density at radius 1 is 0.850 bits per heavy atom. The summed E-state index contributed by atoms with van der Waals surface area (Å²) < 4.78 is 5.64. The first kappa shape index (κ1) is 12.2. The smallest absolute Gasteiger partial charge is 0.228 e. The van der Waals surface area contributed by atoms with E-state index < -0.39 is 0 Å². The molecule has 3 aromatic rings. The Bertz CT molecular complexity index is 744. The maximum Gasteiger partial charge on any atom is 0.228 e. The van der Waals surface area contributed by atoms with Crippen molar-refractivity contribution < 1.29 is 9.21 Å². The molecule has 0 saturated heterocycles. The van der Waals surface area contributed by atoms with E-state index in [4.69, 9.17) is 10.2 Å². The number of hydrogen-bond acceptors (Lipinski definition) is 3. The SMILES string of the molecule is Nc1ccccc1-c1ccc(C(=O)c2ccccc2)o1. The van der Waals surface area contributed by atoms with E-state index in [-0.39, 0.29) is 5.78 Å². The van der Waals surface area contributed by atoms with Crippen molar-refractivity contribution in [2.45, 2.75) is 0 Å². The van der Waals surface area contributed by atoms with E-state index >= 15 is 0 Å². The van der Waals surface area contributed by atoms with Crippen molar-refractivity contribution >= 4 is 11.5 Å². The fraction of sp³-hybridized carbons (Fsp3) is 0. The number of benzene rings is 2. The Labute approximate surface area is 116 Å². The standard InChI is InChI=1S/C17H13NO2/c18-14-9-5-4-8-13(14)15-10-11-16(20-15)17(19)12-6-2-1-3-7-12/h1-11H,18H2. The molecule has 0 atom stereocenters. The van der Waals surface area contributed by atoms with E-state index in [1.807, 2.05) is 36.4 Å². The molecule has 0 bridgehead atoms. The predicted molar refractivity (Wildman–Crippen MR) is 78.4 cm³/mol. The Balaban J connectivity index is 1.95. The van der Waals surface area contributed by atoms with Gasteiger partial charge in [0.05, 0.1) is 0 Å². The molecule has 3 rings (SSSR count). The summed E-state index contributed by atoms with van der Waals surface area (Å²) in [6.45, 7) is 0. The summed E-state index contributed by atoms with van der Waals surface area (Å²) in [5, 5.41) is 0. The van der Waals surface area contributed by atoms with Crippen molar-refractivity contribution in [3.63, 3.8) is 0 Å². The van der Waals surface area contributed by atoms with Crippen LogP contribution in [0.5, 0.6) is 0 Å². The van der Waals surface area contributed by atoms with Crippen LogP contribution in [0.1, 0.15) is 16.1 Å². The van der Waals surface area contributed by atoms with E-state index in [2.05, 4.69) is 0 Å². The topological polar surface area (TPSA) is 56.2 Å². The lowest BCUT2D eigenvalue weighted by atomic mass is 10.1. The summed E-state index contributed by atoms with van der Waals surface area (Å²) in [7, 11) is 0. The van der Waals surface area contributed by atoms with Crippen LogP contribution in [0, 0.1) is 0 Å². The lowest BCUT2D eigenvalue weighted by Gasteiger charge is -2.01. The first-order chi connectivity index (χ1) is 9.75. The van der Waals surface area contributed by atoms with Crippen LogP contribution in [-0.4, -0.2) is 5.78 Å². The van der Waals surface area contributed by atoms with Gasteiger partial charge in [-0.1, -0.05) is 42.5 Å². The van der Waals surface area contributed by atoms with Crippen LogP contribution >= 0.6 is 0 Å². The molecule has 2 aromatic carbocycles. The maximum atomic E-state index is 12.3. The van der Waals surface area contributed by atoms with E-state index in [0.29, 0.717) is 22.8 Å². The molecule has 98 valence electrons. The summed E-state index contributed by atoms with van der Waals surface area (Å²) in [6.07, 6.45) is 0. The van der Waals surface area contributed by atoms with Crippen molar-refractivity contribution in [1.29, 1.82) is 0 Å². The molecular formula is C17H13NO2. The van der Waals surface area contributed by atoms with Gasteiger partial charge in [0.15, 0.2) is 5.76 Å². The van der Waals surface area contributed by atoms with Crippen molar-refractivity contribution in [2.75, 3.05) is 5.73 Å². The highest BCUT2D eigenvalue weighted by Gasteiger charge is 2.14. The number of ketones is 1. The lowest BCUT2D eigenvalue weighted by molar-refractivity contribution is 0.101. The number of nitrogens with two attached hydrogens (primary N) is 1. The molecule has 0 aliphatic carbocycles. The molecule has 0 unspecified atom stereocenters. The first-order valence-corrected chi connectivity index (χ1v) is 6.30. The second kappa shape index (κ2) is 5.05. The molecule has 0 radical (unpaired) electrons. The Morgan fingerprint density at radius 3 is 2.30 bits per heavy atom. The monoisotopic (exact) mass is 263 g/mol. The van der Waals surface area contributed by atoms with Crippen molar-refractivity contribution in [1.82, 2.24) is 0 Å². The second-order valence-corrected chi connectivity index (χ2v) is 4.45. The molecule has 0 fully saturated rings. The van der Waals surface area contributed by atoms with Crippen LogP contribution in [0.3, 0.4) is 0 Å². The van der Waals surface area contributed by atoms with Crippen LogP contribution in [0.25, 0.3) is 11.3 Å². The number of carbonyl (C=O) groups is 1. The fourth-order valence-corrected chi connectivity index (χ4v) is 2.06. The molecule has 2 N–H and O–H groups in total. The van der Waals surface area contributed by atoms with Crippen molar-refractivity contribution in [3.05, 3.63) is 78.1 Å². The van der Waals surface area contributed by atoms with Gasteiger partial charge in [-0.25, -0.2) is 0 Å². The highest BCUT2D eigenvalue weighted by molar-refractivity contribution is 6.07. The average molecular weight is 263 g/mol. The van der Waals surface area contributed by atoms with Crippen molar-refractivity contribution in [3.8, 4) is 11.3 Å². The summed E-state index contributed by atoms with van der Waals surface area (Å²) in [4.78, 5) is 12.3. The van der Waals surface area contributed by atoms with Gasteiger partial charge in [-0.15, -0.1) is 0 Å². The van der Waals surface area contributed by atoms with Gasteiger partial charge in [0, 0.05) is 16.8 Å². The number of nitrogen functional groups attached to an aromatic ring is 1. The minimum atomic E-state index is -0.133. The molecule has 0 spiro atoms. The van der Waals surface area contributed by atoms with Crippen LogP contribution in [0.2, 0.25) is 0 Å². The van der Waals surface area contributed by atoms with Crippen molar-refractivity contribution in [2.24, 2.45) is 0 Å². The quantitative estimate of drug-likeness (QED) is 0.578. The number of para-hydroxylation sites is 1. The third-order valence-corrected chi connectivity index (χ3v) is 3.09. The predicted octanol–water partition coefficient (Wildman–Crippen LogP) is 3.76. The van der Waals surface area contributed by atoms with Crippen LogP contribution in [0.4, 0.5) is 5.69 Å². The zero-order valence-electron chi connectivity index (χ0n) is 10.7. The molecule has 0 saturated carbocycles. The zero-order chi connectivity index (χ0) is 13.9. The van der Waals surface area contributed by atoms with Crippen LogP contribution < -0.4 is 5.73 Å². The largest absolute Gasteiger partial charge is 0.453 e. The summed E-state index contributed by atoms with van der Waals surface area (Å²) >= 11 is 0. The number of furan rings is 1. The van der Waals surface area contributed by atoms with E-state index in [9.17, 15) is 4.79 Å². The Morgan fingerprint density at radius 2 is 1.55 bits per heavy atom. The van der Waals surface area contributed by atoms with E-state index in [1.165, 1.54) is 0 Å². The first-order valence-electron chi connectivity index (χ1n) is 6.30. The summed E-state index contributed by atoms with van der Waals surface area (Å²) in [5.41, 5.74) is 7.93. The Kier molecular flexibility index (Phi) is 3.09. The highest BCUT2D eigenvalue weighted by Crippen LogP contribution is 2.28. The number of anilines is 1. The number of hydrogen-bond donors (Lipinski definition) is 1. The molecule has 3 nitrogen and oxygen atoms in total. The van der Waals surface area contributed by atoms with Crippen LogP contribution in [0.15, 0.2) is 71.1 Å². The molecule has 1 aromatic heterocycles. The van der Waals surface area contributed by atoms with Gasteiger partial charge in [0.2, 0.25) is 5.78 Å². The molecular weight excluding hydrogens is 250 g/mol. The molecule has 0 aliphatic heterocycles. The molecule has 1 heterocycles. The van der Waals surface area contributed by atoms with E-state index in [0.717, 1.165) is 5.56 Å². The van der Waals surface area contributed by atoms with Gasteiger partial charge in [-0.2, -0.15) is 0 Å². The Hall–Kier alpha value is -2.81. The van der Waals surface area contributed by atoms with Gasteiger partial charge >= 0.3 is 0 Å². The second-order valence-electron chi connectivity index (χ2n) is 4.45. The van der Waals surface area contributed by atoms with Gasteiger partial charge in [0.1, 0.15) is 5.76 Å². The minimum absolute atomic E-state index is 0.133. The number of rotatable bonds is 3. The summed E-state index contributed by atoms with van der Waals surface area (Å²) in [5.74, 6) is 0.781. The average Bonchev–Trinajstić information content (AvgIpc) is 2.97. The molecule has 0 aliphatic rings. The van der Waals surface area contributed by atoms with Gasteiger partial charge in [-0.05, 0) is 24.3 Å². The third-order valence-electron chi connectivity index (χ3n) is 3.09. The highest BCUT2D eigenvalue weighted by atomic mass is 16.3. The summed E-state index contributed by atoms with van der Waals surface area (Å²) in [6, 6.07) is 19.9.